The summed E-state index contributed by atoms with van der Waals surface area (Å²) in [5.41, 5.74) is 2.99. The van der Waals surface area contributed by atoms with Gasteiger partial charge in [-0.2, -0.15) is 0 Å². The number of hydrogen-bond donors (Lipinski definition) is 0. The molecule has 0 unspecified atom stereocenters. The number of carbonyl (C=O) groups excluding carboxylic acids is 4. The van der Waals surface area contributed by atoms with Gasteiger partial charge in [-0.05, 0) is 93.0 Å². The number of benzene rings is 8. The third-order valence-corrected chi connectivity index (χ3v) is 9.91. The van der Waals surface area contributed by atoms with Crippen LogP contribution in [0.3, 0.4) is 0 Å². The number of ether oxygens (including phenoxy) is 1. The first-order valence-electron chi connectivity index (χ1n) is 16.0. The monoisotopic (exact) mass is 630 g/mol. The number of fused-ring (bicyclic) bond motifs is 8. The molecule has 5 nitrogen and oxygen atoms in total. The summed E-state index contributed by atoms with van der Waals surface area (Å²) in [5, 5.41) is 6.46. The Kier molecular flexibility index (Phi) is 5.53. The first-order chi connectivity index (χ1) is 23.9. The summed E-state index contributed by atoms with van der Waals surface area (Å²) >= 11 is 0. The molecule has 5 heteroatoms. The van der Waals surface area contributed by atoms with Crippen LogP contribution < -0.4 is 4.74 Å². The molecular weight excluding hydrogens is 608 g/mol. The summed E-state index contributed by atoms with van der Waals surface area (Å²) in [5.74, 6) is 0.205. The number of hydrogen-bond acceptors (Lipinski definition) is 5. The molecule has 49 heavy (non-hydrogen) atoms. The van der Waals surface area contributed by atoms with Crippen LogP contribution in [-0.4, -0.2) is 23.1 Å². The zero-order valence-electron chi connectivity index (χ0n) is 25.7. The zero-order valence-corrected chi connectivity index (χ0v) is 25.7. The van der Waals surface area contributed by atoms with Gasteiger partial charge in [0.2, 0.25) is 0 Å². The van der Waals surface area contributed by atoms with Crippen LogP contribution in [0.2, 0.25) is 0 Å². The summed E-state index contributed by atoms with van der Waals surface area (Å²) in [6.45, 7) is 0. The summed E-state index contributed by atoms with van der Waals surface area (Å²) in [6, 6.07) is 40.7. The Labute approximate surface area is 279 Å². The SMILES string of the molecule is O=C1c2cc3ccccc3cc2C(=O)c2cc3c(Oc4cccc5cc6c(cc45)C(=O)c4cc5ccccc5cc4C6=O)cccc3cc21. The van der Waals surface area contributed by atoms with Crippen molar-refractivity contribution in [1.82, 2.24) is 0 Å². The van der Waals surface area contributed by atoms with E-state index in [1.54, 1.807) is 48.5 Å². The minimum Gasteiger partial charge on any atom is -0.456 e. The summed E-state index contributed by atoms with van der Waals surface area (Å²) in [7, 11) is 0. The van der Waals surface area contributed by atoms with E-state index in [9.17, 15) is 19.2 Å². The number of carbonyl (C=O) groups is 4. The second-order valence-electron chi connectivity index (χ2n) is 12.7. The lowest BCUT2D eigenvalue weighted by molar-refractivity contribution is 0.0979. The van der Waals surface area contributed by atoms with Crippen molar-refractivity contribution in [1.29, 1.82) is 0 Å². The van der Waals surface area contributed by atoms with Crippen LogP contribution in [0.1, 0.15) is 63.7 Å². The lowest BCUT2D eigenvalue weighted by Gasteiger charge is -2.21. The van der Waals surface area contributed by atoms with Crippen molar-refractivity contribution in [2.24, 2.45) is 0 Å². The minimum absolute atomic E-state index is 0.184. The van der Waals surface area contributed by atoms with E-state index < -0.39 is 0 Å². The van der Waals surface area contributed by atoms with E-state index >= 15 is 0 Å². The van der Waals surface area contributed by atoms with Crippen molar-refractivity contribution in [3.63, 3.8) is 0 Å². The van der Waals surface area contributed by atoms with E-state index in [0.29, 0.717) is 66.8 Å². The van der Waals surface area contributed by atoms with Crippen molar-refractivity contribution >= 4 is 66.2 Å². The standard InChI is InChI=1S/C44H22O5/c45-41-31-15-23-7-1-3-9-25(23)17-33(31)43(47)37-21-29-27(19-35(37)41)11-5-13-39(29)49-40-14-6-12-28-20-36-38(22-30(28)40)44(48)34-18-26-10-4-2-8-24(26)16-32(34)42(36)46/h1-22H. The number of rotatable bonds is 2. The Morgan fingerprint density at radius 3 is 0.878 bits per heavy atom. The van der Waals surface area contributed by atoms with Crippen LogP contribution in [0.4, 0.5) is 0 Å². The predicted molar refractivity (Wildman–Crippen MR) is 190 cm³/mol. The molecule has 0 atom stereocenters. The molecule has 0 radical (unpaired) electrons. The molecule has 0 bridgehead atoms. The molecule has 228 valence electrons. The van der Waals surface area contributed by atoms with Gasteiger partial charge in [-0.3, -0.25) is 19.2 Å². The van der Waals surface area contributed by atoms with Gasteiger partial charge < -0.3 is 4.74 Å². The van der Waals surface area contributed by atoms with E-state index in [2.05, 4.69) is 0 Å². The Balaban J connectivity index is 1.08. The Morgan fingerprint density at radius 2 is 0.551 bits per heavy atom. The molecule has 8 aromatic carbocycles. The van der Waals surface area contributed by atoms with Crippen LogP contribution >= 0.6 is 0 Å². The molecule has 10 rings (SSSR count). The van der Waals surface area contributed by atoms with Crippen LogP contribution in [-0.2, 0) is 0 Å². The quantitative estimate of drug-likeness (QED) is 0.190. The highest BCUT2D eigenvalue weighted by Gasteiger charge is 2.32. The molecule has 0 fully saturated rings. The topological polar surface area (TPSA) is 77.5 Å². The highest BCUT2D eigenvalue weighted by molar-refractivity contribution is 6.32. The molecule has 0 saturated carbocycles. The largest absolute Gasteiger partial charge is 0.456 e. The predicted octanol–water partition coefficient (Wildman–Crippen LogP) is 9.64. The van der Waals surface area contributed by atoms with Crippen molar-refractivity contribution in [2.75, 3.05) is 0 Å². The lowest BCUT2D eigenvalue weighted by Crippen LogP contribution is -2.21. The minimum atomic E-state index is -0.208. The molecule has 0 aromatic heterocycles. The third-order valence-electron chi connectivity index (χ3n) is 9.91. The molecule has 0 amide bonds. The average molecular weight is 631 g/mol. The zero-order chi connectivity index (χ0) is 33.0. The molecule has 0 aliphatic heterocycles. The Hall–Kier alpha value is -6.72. The third kappa shape index (κ3) is 3.93. The normalized spacial score (nSPS) is 13.5. The first kappa shape index (κ1) is 27.4. The van der Waals surface area contributed by atoms with Gasteiger partial charge >= 0.3 is 0 Å². The fraction of sp³-hybridized carbons (Fsp3) is 0. The second-order valence-corrected chi connectivity index (χ2v) is 12.7. The van der Waals surface area contributed by atoms with Gasteiger partial charge in [0.15, 0.2) is 23.1 Å². The van der Waals surface area contributed by atoms with Gasteiger partial charge in [-0.25, -0.2) is 0 Å². The van der Waals surface area contributed by atoms with Crippen molar-refractivity contribution in [3.05, 3.63) is 178 Å². The lowest BCUT2D eigenvalue weighted by atomic mass is 9.81. The van der Waals surface area contributed by atoms with Gasteiger partial charge in [0, 0.05) is 55.3 Å². The molecule has 0 heterocycles. The molecular formula is C44H22O5. The smallest absolute Gasteiger partial charge is 0.194 e. The van der Waals surface area contributed by atoms with E-state index in [0.717, 1.165) is 32.3 Å². The molecule has 2 aliphatic carbocycles. The number of ketones is 4. The molecule has 8 aromatic rings. The second kappa shape index (κ2) is 9.89. The van der Waals surface area contributed by atoms with Crippen molar-refractivity contribution in [3.8, 4) is 11.5 Å². The Bertz CT molecular complexity index is 2680. The maximum atomic E-state index is 13.9. The first-order valence-corrected chi connectivity index (χ1v) is 16.0. The summed E-state index contributed by atoms with van der Waals surface area (Å²) in [4.78, 5) is 55.2. The van der Waals surface area contributed by atoms with Crippen LogP contribution in [0.15, 0.2) is 133 Å². The van der Waals surface area contributed by atoms with E-state index in [1.165, 1.54) is 0 Å². The molecule has 0 N–H and O–H groups in total. The summed E-state index contributed by atoms with van der Waals surface area (Å²) in [6.07, 6.45) is 0. The van der Waals surface area contributed by atoms with E-state index in [4.69, 9.17) is 4.74 Å². The highest BCUT2D eigenvalue weighted by Crippen LogP contribution is 2.40. The van der Waals surface area contributed by atoms with Crippen molar-refractivity contribution < 1.29 is 23.9 Å². The van der Waals surface area contributed by atoms with Gasteiger partial charge in [0.05, 0.1) is 0 Å². The maximum Gasteiger partial charge on any atom is 0.194 e. The van der Waals surface area contributed by atoms with Gasteiger partial charge in [0.1, 0.15) is 11.5 Å². The fourth-order valence-electron chi connectivity index (χ4n) is 7.45. The fourth-order valence-corrected chi connectivity index (χ4v) is 7.45. The summed E-state index contributed by atoms with van der Waals surface area (Å²) < 4.78 is 6.57. The van der Waals surface area contributed by atoms with Gasteiger partial charge in [-0.15, -0.1) is 0 Å². The maximum absolute atomic E-state index is 13.9. The van der Waals surface area contributed by atoms with Gasteiger partial charge in [0.25, 0.3) is 0 Å². The average Bonchev–Trinajstić information content (AvgIpc) is 3.14. The van der Waals surface area contributed by atoms with Crippen LogP contribution in [0.25, 0.3) is 43.1 Å². The van der Waals surface area contributed by atoms with Crippen molar-refractivity contribution in [2.45, 2.75) is 0 Å². The van der Waals surface area contributed by atoms with Gasteiger partial charge in [-0.1, -0.05) is 72.8 Å². The molecule has 0 spiro atoms. The molecule has 2 aliphatic rings. The van der Waals surface area contributed by atoms with E-state index in [-0.39, 0.29) is 23.1 Å². The highest BCUT2D eigenvalue weighted by atomic mass is 16.5. The Morgan fingerprint density at radius 1 is 0.286 bits per heavy atom. The van der Waals surface area contributed by atoms with Crippen LogP contribution in [0, 0.1) is 0 Å². The molecule has 0 saturated heterocycles. The van der Waals surface area contributed by atoms with Crippen LogP contribution in [0.5, 0.6) is 11.5 Å². The van der Waals surface area contributed by atoms with E-state index in [1.807, 2.05) is 84.9 Å².